The number of aryl methyl sites for hydroxylation is 1. The number of aromatic nitrogens is 3. The molecule has 1 amide bonds. The number of likely N-dealkylation sites (N-methyl/N-ethyl adjacent to an activating group) is 2. The molecule has 1 fully saturated rings. The molecule has 3 heterocycles. The second kappa shape index (κ2) is 8.53. The van der Waals surface area contributed by atoms with Crippen LogP contribution in [0.15, 0.2) is 48.7 Å². The van der Waals surface area contributed by atoms with Gasteiger partial charge in [0.1, 0.15) is 5.82 Å². The number of aromatic amines is 1. The van der Waals surface area contributed by atoms with E-state index in [1.807, 2.05) is 44.3 Å². The molecule has 0 saturated carbocycles. The van der Waals surface area contributed by atoms with Crippen LogP contribution in [-0.4, -0.2) is 64.1 Å². The maximum absolute atomic E-state index is 14.9. The molecule has 0 spiro atoms. The van der Waals surface area contributed by atoms with Gasteiger partial charge < -0.3 is 15.5 Å². The van der Waals surface area contributed by atoms with E-state index in [1.165, 1.54) is 6.07 Å². The van der Waals surface area contributed by atoms with Crippen molar-refractivity contribution in [3.05, 3.63) is 65.6 Å². The molecular formula is C26H27FN6O. The fraction of sp³-hybridized carbons (Fsp3) is 0.269. The highest BCUT2D eigenvalue weighted by atomic mass is 19.1. The van der Waals surface area contributed by atoms with Crippen molar-refractivity contribution < 1.29 is 9.18 Å². The molecular weight excluding hydrogens is 431 g/mol. The minimum Gasteiger partial charge on any atom is -0.396 e. The van der Waals surface area contributed by atoms with Crippen LogP contribution in [-0.2, 0) is 0 Å². The Morgan fingerprint density at radius 2 is 2.03 bits per heavy atom. The van der Waals surface area contributed by atoms with E-state index in [1.54, 1.807) is 24.2 Å². The molecule has 7 nitrogen and oxygen atoms in total. The molecule has 2 aromatic heterocycles. The predicted octanol–water partition coefficient (Wildman–Crippen LogP) is 4.10. The van der Waals surface area contributed by atoms with Gasteiger partial charge in [0.05, 0.1) is 16.9 Å². The highest BCUT2D eigenvalue weighted by Crippen LogP contribution is 2.33. The zero-order valence-electron chi connectivity index (χ0n) is 19.5. The van der Waals surface area contributed by atoms with Gasteiger partial charge in [0.25, 0.3) is 5.91 Å². The molecule has 5 rings (SSSR count). The first-order valence-corrected chi connectivity index (χ1v) is 11.3. The number of H-pyrrole nitrogens is 1. The van der Waals surface area contributed by atoms with Gasteiger partial charge in [0, 0.05) is 42.3 Å². The smallest absolute Gasteiger partial charge is 0.256 e. The van der Waals surface area contributed by atoms with Crippen molar-refractivity contribution in [3.63, 3.8) is 0 Å². The lowest BCUT2D eigenvalue weighted by atomic mass is 9.99. The summed E-state index contributed by atoms with van der Waals surface area (Å²) in [6, 6.07) is 13.0. The molecule has 174 valence electrons. The summed E-state index contributed by atoms with van der Waals surface area (Å²) in [5.74, 6) is -0.902. The minimum atomic E-state index is -0.621. The second-order valence-electron chi connectivity index (χ2n) is 9.05. The van der Waals surface area contributed by atoms with Crippen LogP contribution < -0.4 is 5.73 Å². The van der Waals surface area contributed by atoms with E-state index >= 15 is 0 Å². The van der Waals surface area contributed by atoms with Gasteiger partial charge in [-0.1, -0.05) is 24.3 Å². The molecule has 4 aromatic rings. The average molecular weight is 459 g/mol. The normalized spacial score (nSPS) is 16.3. The van der Waals surface area contributed by atoms with Gasteiger partial charge in [-0.05, 0) is 56.3 Å². The molecule has 8 heteroatoms. The number of amides is 1. The van der Waals surface area contributed by atoms with Crippen LogP contribution in [0, 0.1) is 12.7 Å². The van der Waals surface area contributed by atoms with E-state index in [2.05, 4.69) is 20.1 Å². The first-order valence-electron chi connectivity index (χ1n) is 11.3. The van der Waals surface area contributed by atoms with E-state index in [0.717, 1.165) is 41.7 Å². The van der Waals surface area contributed by atoms with Crippen LogP contribution in [0.4, 0.5) is 10.1 Å². The number of nitrogens with two attached hydrogens (primary N) is 1. The zero-order chi connectivity index (χ0) is 24.0. The standard InChI is InChI=1S/C26H27FN6O/c1-15-6-4-5-7-19(15)24-21-11-17(13-29-25(21)31-30-24)16-10-20(23(28)22(27)12-16)26(34)33(3)18-8-9-32(2)14-18/h4-7,10-13,18H,8-9,14,28H2,1-3H3,(H,29,30,31). The molecule has 1 aliphatic heterocycles. The lowest BCUT2D eigenvalue weighted by Crippen LogP contribution is -2.39. The Morgan fingerprint density at radius 3 is 2.76 bits per heavy atom. The molecule has 1 atom stereocenters. The first kappa shape index (κ1) is 22.0. The van der Waals surface area contributed by atoms with E-state index in [0.29, 0.717) is 16.8 Å². The van der Waals surface area contributed by atoms with Crippen LogP contribution in [0.5, 0.6) is 0 Å². The maximum Gasteiger partial charge on any atom is 0.256 e. The zero-order valence-corrected chi connectivity index (χ0v) is 19.5. The summed E-state index contributed by atoms with van der Waals surface area (Å²) in [5, 5.41) is 8.23. The maximum atomic E-state index is 14.9. The third kappa shape index (κ3) is 3.80. The number of hydrogen-bond acceptors (Lipinski definition) is 5. The summed E-state index contributed by atoms with van der Waals surface area (Å²) < 4.78 is 14.9. The van der Waals surface area contributed by atoms with Crippen LogP contribution in [0.1, 0.15) is 22.3 Å². The van der Waals surface area contributed by atoms with Crippen molar-refractivity contribution in [1.29, 1.82) is 0 Å². The molecule has 2 aromatic carbocycles. The SMILES string of the molecule is Cc1ccccc1-c1[nH]nc2ncc(-c3cc(F)c(N)c(C(=O)N(C)C4CCN(C)C4)c3)cc12. The fourth-order valence-electron chi connectivity index (χ4n) is 4.66. The predicted molar refractivity (Wildman–Crippen MR) is 132 cm³/mol. The summed E-state index contributed by atoms with van der Waals surface area (Å²) in [7, 11) is 3.78. The van der Waals surface area contributed by atoms with E-state index in [4.69, 9.17) is 5.73 Å². The van der Waals surface area contributed by atoms with E-state index in [9.17, 15) is 9.18 Å². The number of likely N-dealkylation sites (tertiary alicyclic amines) is 1. The summed E-state index contributed by atoms with van der Waals surface area (Å²) in [6.07, 6.45) is 2.52. The van der Waals surface area contributed by atoms with Gasteiger partial charge in [-0.2, -0.15) is 5.10 Å². The molecule has 0 bridgehead atoms. The number of fused-ring (bicyclic) bond motifs is 1. The number of carbonyl (C=O) groups is 1. The number of anilines is 1. The first-order chi connectivity index (χ1) is 16.3. The number of hydrogen-bond donors (Lipinski definition) is 2. The van der Waals surface area contributed by atoms with Crippen molar-refractivity contribution in [3.8, 4) is 22.4 Å². The third-order valence-corrected chi connectivity index (χ3v) is 6.75. The number of carbonyl (C=O) groups excluding carboxylic acids is 1. The van der Waals surface area contributed by atoms with Gasteiger partial charge in [-0.15, -0.1) is 0 Å². The van der Waals surface area contributed by atoms with E-state index in [-0.39, 0.29) is 23.2 Å². The number of rotatable bonds is 4. The van der Waals surface area contributed by atoms with Gasteiger partial charge in [-0.25, -0.2) is 9.37 Å². The highest BCUT2D eigenvalue weighted by molar-refractivity contribution is 6.01. The number of nitrogen functional groups attached to an aromatic ring is 1. The van der Waals surface area contributed by atoms with Crippen molar-refractivity contribution in [2.45, 2.75) is 19.4 Å². The summed E-state index contributed by atoms with van der Waals surface area (Å²) in [6.45, 7) is 3.74. The van der Waals surface area contributed by atoms with Gasteiger partial charge in [-0.3, -0.25) is 9.89 Å². The topological polar surface area (TPSA) is 91.1 Å². The van der Waals surface area contributed by atoms with Crippen molar-refractivity contribution >= 4 is 22.6 Å². The molecule has 3 N–H and O–H groups in total. The Kier molecular flexibility index (Phi) is 5.53. The van der Waals surface area contributed by atoms with Gasteiger partial charge >= 0.3 is 0 Å². The summed E-state index contributed by atoms with van der Waals surface area (Å²) >= 11 is 0. The van der Waals surface area contributed by atoms with Crippen molar-refractivity contribution in [1.82, 2.24) is 25.0 Å². The number of nitrogens with one attached hydrogen (secondary N) is 1. The number of pyridine rings is 1. The molecule has 0 aliphatic carbocycles. The Hall–Kier alpha value is -3.78. The Bertz CT molecular complexity index is 1400. The number of benzene rings is 2. The monoisotopic (exact) mass is 458 g/mol. The van der Waals surface area contributed by atoms with Crippen molar-refractivity contribution in [2.24, 2.45) is 0 Å². The largest absolute Gasteiger partial charge is 0.396 e. The average Bonchev–Trinajstić information content (AvgIpc) is 3.46. The van der Waals surface area contributed by atoms with Gasteiger partial charge in [0.2, 0.25) is 0 Å². The lowest BCUT2D eigenvalue weighted by Gasteiger charge is -2.25. The quantitative estimate of drug-likeness (QED) is 0.450. The molecule has 1 aliphatic rings. The number of halogens is 1. The van der Waals surface area contributed by atoms with Crippen LogP contribution in [0.2, 0.25) is 0 Å². The van der Waals surface area contributed by atoms with Crippen LogP contribution >= 0.6 is 0 Å². The van der Waals surface area contributed by atoms with Gasteiger partial charge in [0.15, 0.2) is 5.65 Å². The summed E-state index contributed by atoms with van der Waals surface area (Å²) in [5.41, 5.74) is 10.8. The molecule has 1 unspecified atom stereocenters. The molecule has 1 saturated heterocycles. The van der Waals surface area contributed by atoms with Crippen molar-refractivity contribution in [2.75, 3.05) is 32.9 Å². The van der Waals surface area contributed by atoms with Crippen LogP contribution in [0.25, 0.3) is 33.4 Å². The second-order valence-corrected chi connectivity index (χ2v) is 9.05. The lowest BCUT2D eigenvalue weighted by molar-refractivity contribution is 0.0738. The number of nitrogens with zero attached hydrogens (tertiary/aromatic N) is 4. The Labute approximate surface area is 197 Å². The minimum absolute atomic E-state index is 0.0734. The highest BCUT2D eigenvalue weighted by Gasteiger charge is 2.29. The van der Waals surface area contributed by atoms with E-state index < -0.39 is 5.82 Å². The fourth-order valence-corrected chi connectivity index (χ4v) is 4.66. The third-order valence-electron chi connectivity index (χ3n) is 6.75. The Balaban J connectivity index is 1.56. The molecule has 0 radical (unpaired) electrons. The summed E-state index contributed by atoms with van der Waals surface area (Å²) in [4.78, 5) is 21.6. The molecule has 34 heavy (non-hydrogen) atoms. The Morgan fingerprint density at radius 1 is 1.24 bits per heavy atom. The van der Waals surface area contributed by atoms with Crippen LogP contribution in [0.3, 0.4) is 0 Å².